The number of carbonyl (C=O) groups is 2. The van der Waals surface area contributed by atoms with E-state index in [0.717, 1.165) is 32.0 Å². The molecule has 6 nitrogen and oxygen atoms in total. The maximum absolute atomic E-state index is 12.0. The third-order valence-corrected chi connectivity index (χ3v) is 5.54. The molecule has 1 aliphatic carbocycles. The third-order valence-electron chi connectivity index (χ3n) is 5.54. The molecule has 2 aliphatic rings. The number of nitriles is 1. The summed E-state index contributed by atoms with van der Waals surface area (Å²) in [6.45, 7) is 2.71. The number of anilines is 1. The van der Waals surface area contributed by atoms with Gasteiger partial charge >= 0.3 is 11.8 Å². The number of rotatable bonds is 4. The minimum atomic E-state index is -0.726. The second-order valence-corrected chi connectivity index (χ2v) is 7.24. The smallest absolute Gasteiger partial charge is 0.313 e. The predicted octanol–water partition coefficient (Wildman–Crippen LogP) is 2.27. The molecule has 1 aromatic rings. The highest BCUT2D eigenvalue weighted by atomic mass is 16.2. The van der Waals surface area contributed by atoms with E-state index in [1.54, 1.807) is 24.3 Å². The lowest BCUT2D eigenvalue weighted by atomic mass is 9.95. The molecule has 2 amide bonds. The van der Waals surface area contributed by atoms with E-state index in [1.807, 2.05) is 6.07 Å². The fraction of sp³-hybridized carbons (Fsp3) is 0.550. The maximum Gasteiger partial charge on any atom is 0.313 e. The Morgan fingerprint density at radius 1 is 1.08 bits per heavy atom. The van der Waals surface area contributed by atoms with Crippen LogP contribution in [0.4, 0.5) is 5.69 Å². The molecule has 1 aromatic carbocycles. The normalized spacial score (nSPS) is 19.0. The van der Waals surface area contributed by atoms with Crippen molar-refractivity contribution in [1.29, 1.82) is 5.26 Å². The molecule has 0 bridgehead atoms. The first kappa shape index (κ1) is 18.4. The Kier molecular flexibility index (Phi) is 6.24. The van der Waals surface area contributed by atoms with Crippen LogP contribution in [-0.2, 0) is 9.59 Å². The Morgan fingerprint density at radius 3 is 2.46 bits per heavy atom. The van der Waals surface area contributed by atoms with Crippen molar-refractivity contribution in [3.63, 3.8) is 0 Å². The summed E-state index contributed by atoms with van der Waals surface area (Å²) in [7, 11) is 0. The second kappa shape index (κ2) is 8.81. The van der Waals surface area contributed by atoms with Crippen LogP contribution in [-0.4, -0.2) is 42.4 Å². The van der Waals surface area contributed by atoms with Crippen LogP contribution in [0.2, 0.25) is 0 Å². The van der Waals surface area contributed by atoms with Crippen molar-refractivity contribution in [2.24, 2.45) is 5.92 Å². The molecule has 1 saturated carbocycles. The fourth-order valence-corrected chi connectivity index (χ4v) is 3.98. The van der Waals surface area contributed by atoms with Crippen LogP contribution in [0.3, 0.4) is 0 Å². The van der Waals surface area contributed by atoms with Crippen LogP contribution in [0.5, 0.6) is 0 Å². The summed E-state index contributed by atoms with van der Waals surface area (Å²) in [6.07, 6.45) is 7.48. The standard InChI is InChI=1S/C20H26N4O2/c21-13-16-5-1-4-8-18(16)23-20(26)19(25)22-14-15-9-11-24(12-10-15)17-6-2-3-7-17/h1,4-5,8,15,17H,2-3,6-7,9-12,14H2,(H,22,25)(H,23,26). The highest BCUT2D eigenvalue weighted by Crippen LogP contribution is 2.27. The zero-order chi connectivity index (χ0) is 18.4. The van der Waals surface area contributed by atoms with Gasteiger partial charge < -0.3 is 15.5 Å². The molecule has 0 unspecified atom stereocenters. The molecule has 0 aromatic heterocycles. The quantitative estimate of drug-likeness (QED) is 0.812. The van der Waals surface area contributed by atoms with E-state index in [2.05, 4.69) is 15.5 Å². The number of nitrogens with zero attached hydrogens (tertiary/aromatic N) is 2. The minimum absolute atomic E-state index is 0.341. The zero-order valence-corrected chi connectivity index (χ0v) is 15.0. The van der Waals surface area contributed by atoms with Gasteiger partial charge in [0.25, 0.3) is 0 Å². The van der Waals surface area contributed by atoms with Gasteiger partial charge in [0.15, 0.2) is 0 Å². The molecule has 2 fully saturated rings. The van der Waals surface area contributed by atoms with Crippen molar-refractivity contribution >= 4 is 17.5 Å². The number of para-hydroxylation sites is 1. The van der Waals surface area contributed by atoms with Gasteiger partial charge in [-0.1, -0.05) is 25.0 Å². The summed E-state index contributed by atoms with van der Waals surface area (Å²) in [5.74, 6) is -0.942. The number of hydrogen-bond acceptors (Lipinski definition) is 4. The highest BCUT2D eigenvalue weighted by Gasteiger charge is 2.27. The summed E-state index contributed by atoms with van der Waals surface area (Å²) in [6, 6.07) is 9.41. The van der Waals surface area contributed by atoms with Crippen molar-refractivity contribution in [2.45, 2.75) is 44.6 Å². The van der Waals surface area contributed by atoms with Crippen LogP contribution in [0, 0.1) is 17.2 Å². The van der Waals surface area contributed by atoms with Gasteiger partial charge in [-0.3, -0.25) is 9.59 Å². The molecular formula is C20H26N4O2. The molecule has 3 rings (SSSR count). The number of piperidine rings is 1. The van der Waals surface area contributed by atoms with Gasteiger partial charge in [-0.15, -0.1) is 0 Å². The van der Waals surface area contributed by atoms with E-state index >= 15 is 0 Å². The van der Waals surface area contributed by atoms with Crippen molar-refractivity contribution in [3.05, 3.63) is 29.8 Å². The lowest BCUT2D eigenvalue weighted by molar-refractivity contribution is -0.136. The molecule has 1 heterocycles. The lowest BCUT2D eigenvalue weighted by Crippen LogP contribution is -2.44. The van der Waals surface area contributed by atoms with Gasteiger partial charge in [-0.05, 0) is 56.8 Å². The molecule has 6 heteroatoms. The van der Waals surface area contributed by atoms with Gasteiger partial charge in [0.2, 0.25) is 0 Å². The average Bonchev–Trinajstić information content (AvgIpc) is 3.21. The summed E-state index contributed by atoms with van der Waals surface area (Å²) in [4.78, 5) is 26.7. The van der Waals surface area contributed by atoms with E-state index < -0.39 is 11.8 Å². The van der Waals surface area contributed by atoms with E-state index in [0.29, 0.717) is 23.7 Å². The molecule has 1 saturated heterocycles. The molecule has 2 N–H and O–H groups in total. The number of amides is 2. The third kappa shape index (κ3) is 4.61. The Hall–Kier alpha value is -2.39. The van der Waals surface area contributed by atoms with Gasteiger partial charge in [0.1, 0.15) is 6.07 Å². The van der Waals surface area contributed by atoms with Crippen LogP contribution in [0.15, 0.2) is 24.3 Å². The van der Waals surface area contributed by atoms with Crippen molar-refractivity contribution in [3.8, 4) is 6.07 Å². The van der Waals surface area contributed by atoms with E-state index in [4.69, 9.17) is 5.26 Å². The summed E-state index contributed by atoms with van der Waals surface area (Å²) in [5, 5.41) is 14.3. The Balaban J connectivity index is 1.41. The summed E-state index contributed by atoms with van der Waals surface area (Å²) >= 11 is 0. The van der Waals surface area contributed by atoms with Crippen molar-refractivity contribution in [1.82, 2.24) is 10.2 Å². The number of likely N-dealkylation sites (tertiary alicyclic amines) is 1. The SMILES string of the molecule is N#Cc1ccccc1NC(=O)C(=O)NCC1CCN(C2CCCC2)CC1. The van der Waals surface area contributed by atoms with Gasteiger partial charge in [-0.25, -0.2) is 0 Å². The second-order valence-electron chi connectivity index (χ2n) is 7.24. The largest absolute Gasteiger partial charge is 0.348 e. The first-order valence-electron chi connectivity index (χ1n) is 9.49. The Bertz CT molecular complexity index is 683. The monoisotopic (exact) mass is 354 g/mol. The van der Waals surface area contributed by atoms with Gasteiger partial charge in [-0.2, -0.15) is 5.26 Å². The Morgan fingerprint density at radius 2 is 1.77 bits per heavy atom. The molecular weight excluding hydrogens is 328 g/mol. The summed E-state index contributed by atoms with van der Waals surface area (Å²) < 4.78 is 0. The number of carbonyl (C=O) groups excluding carboxylic acids is 2. The highest BCUT2D eigenvalue weighted by molar-refractivity contribution is 6.39. The zero-order valence-electron chi connectivity index (χ0n) is 15.0. The van der Waals surface area contributed by atoms with Crippen LogP contribution in [0.25, 0.3) is 0 Å². The first-order valence-corrected chi connectivity index (χ1v) is 9.49. The van der Waals surface area contributed by atoms with Crippen LogP contribution < -0.4 is 10.6 Å². The number of hydrogen-bond donors (Lipinski definition) is 2. The van der Waals surface area contributed by atoms with Crippen molar-refractivity contribution in [2.75, 3.05) is 25.0 Å². The van der Waals surface area contributed by atoms with Crippen LogP contribution >= 0.6 is 0 Å². The molecule has 138 valence electrons. The maximum atomic E-state index is 12.0. The van der Waals surface area contributed by atoms with Crippen molar-refractivity contribution < 1.29 is 9.59 Å². The molecule has 26 heavy (non-hydrogen) atoms. The lowest BCUT2D eigenvalue weighted by Gasteiger charge is -2.36. The molecule has 0 radical (unpaired) electrons. The van der Waals surface area contributed by atoms with Crippen LogP contribution in [0.1, 0.15) is 44.1 Å². The van der Waals surface area contributed by atoms with Gasteiger partial charge in [0.05, 0.1) is 11.3 Å². The predicted molar refractivity (Wildman–Crippen MR) is 99.3 cm³/mol. The number of nitrogens with one attached hydrogen (secondary N) is 2. The van der Waals surface area contributed by atoms with E-state index in [9.17, 15) is 9.59 Å². The average molecular weight is 354 g/mol. The van der Waals surface area contributed by atoms with E-state index in [-0.39, 0.29) is 0 Å². The molecule has 0 spiro atoms. The topological polar surface area (TPSA) is 85.2 Å². The molecule has 0 atom stereocenters. The minimum Gasteiger partial charge on any atom is -0.348 e. The number of benzene rings is 1. The Labute approximate surface area is 154 Å². The fourth-order valence-electron chi connectivity index (χ4n) is 3.98. The summed E-state index contributed by atoms with van der Waals surface area (Å²) in [5.41, 5.74) is 0.702. The van der Waals surface area contributed by atoms with E-state index in [1.165, 1.54) is 25.7 Å². The van der Waals surface area contributed by atoms with Gasteiger partial charge in [0, 0.05) is 12.6 Å². The first-order chi connectivity index (χ1) is 12.7. The molecule has 1 aliphatic heterocycles.